The number of fused-ring (bicyclic) bond motifs is 1. The second kappa shape index (κ2) is 6.26. The molecule has 0 saturated heterocycles. The molecule has 1 amide bonds. The first-order valence-electron chi connectivity index (χ1n) is 6.87. The van der Waals surface area contributed by atoms with E-state index in [0.717, 1.165) is 0 Å². The lowest BCUT2D eigenvalue weighted by atomic mass is 10.2. The number of nitrogens with zero attached hydrogens (tertiary/aromatic N) is 2. The first kappa shape index (κ1) is 14.1. The molecule has 1 aliphatic rings. The quantitative estimate of drug-likeness (QED) is 0.695. The largest absolute Gasteiger partial charge is 0.485 e. The van der Waals surface area contributed by atoms with Crippen LogP contribution in [0.25, 0.3) is 0 Å². The Morgan fingerprint density at radius 3 is 2.73 bits per heavy atom. The van der Waals surface area contributed by atoms with Crippen LogP contribution in [0.3, 0.4) is 0 Å². The molecule has 0 spiro atoms. The molecule has 1 N–H and O–H groups in total. The first-order chi connectivity index (χ1) is 10.7. The van der Waals surface area contributed by atoms with Crippen LogP contribution in [-0.4, -0.2) is 29.3 Å². The van der Waals surface area contributed by atoms with Gasteiger partial charge in [-0.05, 0) is 31.2 Å². The zero-order valence-electron chi connectivity index (χ0n) is 12.0. The number of para-hydroxylation sites is 2. The van der Waals surface area contributed by atoms with Gasteiger partial charge in [0.05, 0.1) is 5.71 Å². The van der Waals surface area contributed by atoms with E-state index in [-0.39, 0.29) is 12.0 Å². The van der Waals surface area contributed by atoms with Gasteiger partial charge < -0.3 is 9.47 Å². The SMILES string of the molecule is C/C(=N\NC(=O)c1ccncc1)[C@H]1COc2ccccc2O1. The van der Waals surface area contributed by atoms with Gasteiger partial charge in [-0.3, -0.25) is 9.78 Å². The molecule has 6 nitrogen and oxygen atoms in total. The minimum Gasteiger partial charge on any atom is -0.485 e. The number of hydrazone groups is 1. The van der Waals surface area contributed by atoms with E-state index in [1.165, 1.54) is 0 Å². The van der Waals surface area contributed by atoms with Gasteiger partial charge in [-0.1, -0.05) is 12.1 Å². The van der Waals surface area contributed by atoms with E-state index in [4.69, 9.17) is 9.47 Å². The van der Waals surface area contributed by atoms with Crippen molar-refractivity contribution in [2.75, 3.05) is 6.61 Å². The number of hydrogen-bond acceptors (Lipinski definition) is 5. The van der Waals surface area contributed by atoms with Crippen molar-refractivity contribution in [2.45, 2.75) is 13.0 Å². The number of aromatic nitrogens is 1. The Labute approximate surface area is 127 Å². The molecule has 0 aliphatic carbocycles. The van der Waals surface area contributed by atoms with Crippen molar-refractivity contribution in [3.63, 3.8) is 0 Å². The normalized spacial score (nSPS) is 17.0. The highest BCUT2D eigenvalue weighted by atomic mass is 16.6. The molecular weight excluding hydrogens is 282 g/mol. The van der Waals surface area contributed by atoms with Crippen LogP contribution in [0, 0.1) is 0 Å². The Morgan fingerprint density at radius 1 is 1.23 bits per heavy atom. The Bertz CT molecular complexity index is 701. The van der Waals surface area contributed by atoms with Crippen molar-refractivity contribution >= 4 is 11.6 Å². The predicted octanol–water partition coefficient (Wildman–Crippen LogP) is 2.03. The second-order valence-electron chi connectivity index (χ2n) is 4.79. The van der Waals surface area contributed by atoms with Crippen LogP contribution in [0.15, 0.2) is 53.9 Å². The Kier molecular flexibility index (Phi) is 4.00. The lowest BCUT2D eigenvalue weighted by Crippen LogP contribution is -2.36. The van der Waals surface area contributed by atoms with Crippen molar-refractivity contribution in [1.29, 1.82) is 0 Å². The summed E-state index contributed by atoms with van der Waals surface area (Å²) in [5, 5.41) is 4.09. The average molecular weight is 297 g/mol. The van der Waals surface area contributed by atoms with Gasteiger partial charge in [0.2, 0.25) is 0 Å². The lowest BCUT2D eigenvalue weighted by molar-refractivity contribution is 0.0952. The number of pyridine rings is 1. The Hall–Kier alpha value is -2.89. The molecule has 6 heteroatoms. The van der Waals surface area contributed by atoms with Gasteiger partial charge in [-0.25, -0.2) is 5.43 Å². The van der Waals surface area contributed by atoms with E-state index in [1.807, 2.05) is 24.3 Å². The molecule has 2 heterocycles. The van der Waals surface area contributed by atoms with Crippen LogP contribution >= 0.6 is 0 Å². The maximum atomic E-state index is 11.9. The van der Waals surface area contributed by atoms with Gasteiger partial charge >= 0.3 is 0 Å². The summed E-state index contributed by atoms with van der Waals surface area (Å²) in [4.78, 5) is 15.8. The summed E-state index contributed by atoms with van der Waals surface area (Å²) in [7, 11) is 0. The zero-order valence-corrected chi connectivity index (χ0v) is 12.0. The molecule has 0 radical (unpaired) electrons. The summed E-state index contributed by atoms with van der Waals surface area (Å²) in [5.74, 6) is 1.10. The summed E-state index contributed by atoms with van der Waals surface area (Å²) >= 11 is 0. The zero-order chi connectivity index (χ0) is 15.4. The third kappa shape index (κ3) is 3.06. The van der Waals surface area contributed by atoms with Gasteiger partial charge in [-0.2, -0.15) is 5.10 Å². The Balaban J connectivity index is 1.65. The number of rotatable bonds is 3. The van der Waals surface area contributed by atoms with Gasteiger partial charge in [0.25, 0.3) is 5.91 Å². The molecule has 22 heavy (non-hydrogen) atoms. The number of carbonyl (C=O) groups excluding carboxylic acids is 1. The highest BCUT2D eigenvalue weighted by Gasteiger charge is 2.23. The number of nitrogens with one attached hydrogen (secondary N) is 1. The van der Waals surface area contributed by atoms with Crippen LogP contribution < -0.4 is 14.9 Å². The number of benzene rings is 1. The summed E-state index contributed by atoms with van der Waals surface area (Å²) in [5.41, 5.74) is 3.64. The highest BCUT2D eigenvalue weighted by Crippen LogP contribution is 2.31. The van der Waals surface area contributed by atoms with Crippen molar-refractivity contribution in [2.24, 2.45) is 5.10 Å². The fourth-order valence-electron chi connectivity index (χ4n) is 2.00. The molecule has 0 bridgehead atoms. The van der Waals surface area contributed by atoms with E-state index < -0.39 is 0 Å². The molecule has 0 fully saturated rings. The number of hydrogen-bond donors (Lipinski definition) is 1. The molecule has 2 aromatic rings. The molecule has 1 atom stereocenters. The van der Waals surface area contributed by atoms with Crippen molar-refractivity contribution < 1.29 is 14.3 Å². The summed E-state index contributed by atoms with van der Waals surface area (Å²) in [6, 6.07) is 10.7. The van der Waals surface area contributed by atoms with Gasteiger partial charge in [0.1, 0.15) is 6.61 Å². The maximum absolute atomic E-state index is 11.9. The molecular formula is C16H15N3O3. The van der Waals surface area contributed by atoms with E-state index in [0.29, 0.717) is 29.4 Å². The molecule has 3 rings (SSSR count). The van der Waals surface area contributed by atoms with E-state index in [2.05, 4.69) is 15.5 Å². The lowest BCUT2D eigenvalue weighted by Gasteiger charge is -2.26. The third-order valence-corrected chi connectivity index (χ3v) is 3.25. The fourth-order valence-corrected chi connectivity index (χ4v) is 2.00. The number of amides is 1. The van der Waals surface area contributed by atoms with E-state index >= 15 is 0 Å². The molecule has 1 aromatic heterocycles. The minimum absolute atomic E-state index is 0.293. The molecule has 1 aromatic carbocycles. The topological polar surface area (TPSA) is 72.8 Å². The van der Waals surface area contributed by atoms with Crippen LogP contribution in [0.1, 0.15) is 17.3 Å². The van der Waals surface area contributed by atoms with E-state index in [9.17, 15) is 4.79 Å². The summed E-state index contributed by atoms with van der Waals surface area (Å²) in [6.45, 7) is 2.15. The van der Waals surface area contributed by atoms with Gasteiger partial charge in [0, 0.05) is 18.0 Å². The molecule has 0 saturated carbocycles. The van der Waals surface area contributed by atoms with Crippen LogP contribution in [0.2, 0.25) is 0 Å². The Morgan fingerprint density at radius 2 is 1.95 bits per heavy atom. The highest BCUT2D eigenvalue weighted by molar-refractivity contribution is 5.95. The minimum atomic E-state index is -0.326. The molecule has 1 aliphatic heterocycles. The van der Waals surface area contributed by atoms with E-state index in [1.54, 1.807) is 31.5 Å². The van der Waals surface area contributed by atoms with Gasteiger partial charge in [-0.15, -0.1) is 0 Å². The van der Waals surface area contributed by atoms with Crippen LogP contribution in [0.4, 0.5) is 0 Å². The van der Waals surface area contributed by atoms with Crippen molar-refractivity contribution in [3.05, 3.63) is 54.4 Å². The second-order valence-corrected chi connectivity index (χ2v) is 4.79. The molecule has 112 valence electrons. The fraction of sp³-hybridized carbons (Fsp3) is 0.188. The standard InChI is InChI=1S/C16H15N3O3/c1-11(18-19-16(20)12-6-8-17-9-7-12)15-10-21-13-4-2-3-5-14(13)22-15/h2-9,15H,10H2,1H3,(H,19,20)/b18-11+/t15-/m1/s1. The number of carbonyl (C=O) groups is 1. The predicted molar refractivity (Wildman–Crippen MR) is 81.2 cm³/mol. The first-order valence-corrected chi connectivity index (χ1v) is 6.87. The number of ether oxygens (including phenoxy) is 2. The van der Waals surface area contributed by atoms with Crippen molar-refractivity contribution in [1.82, 2.24) is 10.4 Å². The molecule has 0 unspecified atom stereocenters. The third-order valence-electron chi connectivity index (χ3n) is 3.25. The van der Waals surface area contributed by atoms with Crippen molar-refractivity contribution in [3.8, 4) is 11.5 Å². The van der Waals surface area contributed by atoms with Gasteiger partial charge in [0.15, 0.2) is 17.6 Å². The van der Waals surface area contributed by atoms with Crippen LogP contribution in [0.5, 0.6) is 11.5 Å². The maximum Gasteiger partial charge on any atom is 0.271 e. The summed E-state index contributed by atoms with van der Waals surface area (Å²) in [6.07, 6.45) is 2.79. The van der Waals surface area contributed by atoms with Crippen LogP contribution in [-0.2, 0) is 0 Å². The monoisotopic (exact) mass is 297 g/mol. The average Bonchev–Trinajstić information content (AvgIpc) is 2.59. The summed E-state index contributed by atoms with van der Waals surface area (Å²) < 4.78 is 11.4. The smallest absolute Gasteiger partial charge is 0.271 e.